The van der Waals surface area contributed by atoms with E-state index in [1.807, 2.05) is 0 Å². The molecule has 0 unspecified atom stereocenters. The number of aromatic hydroxyl groups is 1. The minimum absolute atomic E-state index is 0.00116. The van der Waals surface area contributed by atoms with Crippen LogP contribution < -0.4 is 5.32 Å². The quantitative estimate of drug-likeness (QED) is 0.847. The van der Waals surface area contributed by atoms with Crippen LogP contribution in [0.5, 0.6) is 5.75 Å². The standard InChI is InChI=1S/C14H12BrF3N2O/c1-8-2-5-13(21)12(20-8)7-19-9-3-4-11(15)10(6-9)14(16,17)18/h2-6,19,21H,7H2,1H3. The van der Waals surface area contributed by atoms with Gasteiger partial charge in [0.1, 0.15) is 11.4 Å². The predicted octanol–water partition coefficient (Wildman–Crippen LogP) is 4.49. The Hall–Kier alpha value is -1.76. The van der Waals surface area contributed by atoms with Gasteiger partial charge in [0.2, 0.25) is 0 Å². The number of alkyl halides is 3. The number of rotatable bonds is 3. The summed E-state index contributed by atoms with van der Waals surface area (Å²) < 4.78 is 38.4. The van der Waals surface area contributed by atoms with Crippen LogP contribution in [0, 0.1) is 6.92 Å². The lowest BCUT2D eigenvalue weighted by molar-refractivity contribution is -0.138. The van der Waals surface area contributed by atoms with Crippen molar-refractivity contribution < 1.29 is 18.3 Å². The molecule has 0 atom stereocenters. The second-order valence-corrected chi connectivity index (χ2v) is 5.32. The average Bonchev–Trinajstić information content (AvgIpc) is 2.40. The third kappa shape index (κ3) is 3.87. The number of halogens is 4. The monoisotopic (exact) mass is 360 g/mol. The lowest BCUT2D eigenvalue weighted by Crippen LogP contribution is -2.08. The first kappa shape index (κ1) is 15.6. The minimum Gasteiger partial charge on any atom is -0.506 e. The van der Waals surface area contributed by atoms with Gasteiger partial charge >= 0.3 is 6.18 Å². The number of anilines is 1. The minimum atomic E-state index is -4.43. The molecule has 0 radical (unpaired) electrons. The molecule has 0 spiro atoms. The molecule has 2 N–H and O–H groups in total. The first-order chi connectivity index (χ1) is 9.77. The van der Waals surface area contributed by atoms with Crippen molar-refractivity contribution in [3.63, 3.8) is 0 Å². The smallest absolute Gasteiger partial charge is 0.417 e. The van der Waals surface area contributed by atoms with E-state index in [1.165, 1.54) is 18.2 Å². The molecule has 21 heavy (non-hydrogen) atoms. The second-order valence-electron chi connectivity index (χ2n) is 4.46. The molecule has 1 heterocycles. The van der Waals surface area contributed by atoms with Crippen molar-refractivity contribution in [2.45, 2.75) is 19.6 Å². The molecule has 3 nitrogen and oxygen atoms in total. The van der Waals surface area contributed by atoms with Gasteiger partial charge in [-0.1, -0.05) is 15.9 Å². The Bertz CT molecular complexity index is 659. The Morgan fingerprint density at radius 3 is 2.62 bits per heavy atom. The summed E-state index contributed by atoms with van der Waals surface area (Å²) in [7, 11) is 0. The lowest BCUT2D eigenvalue weighted by Gasteiger charge is -2.13. The summed E-state index contributed by atoms with van der Waals surface area (Å²) in [6.07, 6.45) is -4.43. The van der Waals surface area contributed by atoms with Crippen LogP contribution in [0.1, 0.15) is 17.0 Å². The second kappa shape index (κ2) is 5.93. The van der Waals surface area contributed by atoms with Crippen LogP contribution in [0.25, 0.3) is 0 Å². The molecule has 0 fully saturated rings. The third-order valence-electron chi connectivity index (χ3n) is 2.82. The number of hydrogen-bond acceptors (Lipinski definition) is 3. The SMILES string of the molecule is Cc1ccc(O)c(CNc2ccc(Br)c(C(F)(F)F)c2)n1. The fourth-order valence-electron chi connectivity index (χ4n) is 1.77. The van der Waals surface area contributed by atoms with Crippen LogP contribution in [0.4, 0.5) is 18.9 Å². The molecule has 7 heteroatoms. The van der Waals surface area contributed by atoms with Crippen LogP contribution in [0.2, 0.25) is 0 Å². The number of benzene rings is 1. The number of pyridine rings is 1. The highest BCUT2D eigenvalue weighted by atomic mass is 79.9. The van der Waals surface area contributed by atoms with Crippen molar-refractivity contribution in [2.24, 2.45) is 0 Å². The first-order valence-electron chi connectivity index (χ1n) is 6.03. The zero-order valence-corrected chi connectivity index (χ0v) is 12.6. The molecular formula is C14H12BrF3N2O. The zero-order chi connectivity index (χ0) is 15.6. The van der Waals surface area contributed by atoms with Crippen molar-refractivity contribution in [3.05, 3.63) is 51.8 Å². The largest absolute Gasteiger partial charge is 0.506 e. The molecular weight excluding hydrogens is 349 g/mol. The van der Waals surface area contributed by atoms with E-state index >= 15 is 0 Å². The summed E-state index contributed by atoms with van der Waals surface area (Å²) in [4.78, 5) is 4.13. The molecule has 0 saturated heterocycles. The van der Waals surface area contributed by atoms with Crippen molar-refractivity contribution in [1.82, 2.24) is 4.98 Å². The van der Waals surface area contributed by atoms with Crippen LogP contribution in [0.15, 0.2) is 34.8 Å². The highest BCUT2D eigenvalue weighted by Crippen LogP contribution is 2.36. The number of hydrogen-bond donors (Lipinski definition) is 2. The Balaban J connectivity index is 2.19. The lowest BCUT2D eigenvalue weighted by atomic mass is 10.2. The van der Waals surface area contributed by atoms with Crippen molar-refractivity contribution in [2.75, 3.05) is 5.32 Å². The summed E-state index contributed by atoms with van der Waals surface area (Å²) in [5.74, 6) is 0.00116. The Kier molecular flexibility index (Phi) is 4.41. The molecule has 0 aliphatic rings. The molecule has 0 bridgehead atoms. The average molecular weight is 361 g/mol. The molecule has 0 aliphatic carbocycles. The number of nitrogens with zero attached hydrogens (tertiary/aromatic N) is 1. The predicted molar refractivity (Wildman–Crippen MR) is 77.1 cm³/mol. The van der Waals surface area contributed by atoms with Crippen molar-refractivity contribution in [1.29, 1.82) is 0 Å². The highest BCUT2D eigenvalue weighted by Gasteiger charge is 2.33. The normalized spacial score (nSPS) is 11.5. The number of nitrogens with one attached hydrogen (secondary N) is 1. The van der Waals surface area contributed by atoms with E-state index in [1.54, 1.807) is 13.0 Å². The molecule has 112 valence electrons. The topological polar surface area (TPSA) is 45.1 Å². The van der Waals surface area contributed by atoms with Gasteiger partial charge in [-0.3, -0.25) is 4.98 Å². The fraction of sp³-hybridized carbons (Fsp3) is 0.214. The molecule has 0 amide bonds. The van der Waals surface area contributed by atoms with Crippen molar-refractivity contribution in [3.8, 4) is 5.75 Å². The van der Waals surface area contributed by atoms with Crippen LogP contribution in [-0.2, 0) is 12.7 Å². The van der Waals surface area contributed by atoms with Gasteiger partial charge in [0.25, 0.3) is 0 Å². The first-order valence-corrected chi connectivity index (χ1v) is 6.83. The maximum atomic E-state index is 12.8. The number of aromatic nitrogens is 1. The van der Waals surface area contributed by atoms with Crippen LogP contribution >= 0.6 is 15.9 Å². The molecule has 2 aromatic rings. The van der Waals surface area contributed by atoms with Gasteiger partial charge in [-0.15, -0.1) is 0 Å². The highest BCUT2D eigenvalue weighted by molar-refractivity contribution is 9.10. The molecule has 2 rings (SSSR count). The van der Waals surface area contributed by atoms with Crippen LogP contribution in [-0.4, -0.2) is 10.1 Å². The van der Waals surface area contributed by atoms with E-state index in [0.29, 0.717) is 11.4 Å². The third-order valence-corrected chi connectivity index (χ3v) is 3.51. The zero-order valence-electron chi connectivity index (χ0n) is 11.0. The van der Waals surface area contributed by atoms with E-state index in [-0.39, 0.29) is 16.8 Å². The van der Waals surface area contributed by atoms with E-state index in [9.17, 15) is 18.3 Å². The van der Waals surface area contributed by atoms with Gasteiger partial charge < -0.3 is 10.4 Å². The van der Waals surface area contributed by atoms with E-state index in [4.69, 9.17) is 0 Å². The maximum Gasteiger partial charge on any atom is 0.417 e. The summed E-state index contributed by atoms with van der Waals surface area (Å²) in [6.45, 7) is 1.90. The van der Waals surface area contributed by atoms with Gasteiger partial charge in [-0.25, -0.2) is 0 Å². The Labute approximate surface area is 128 Å². The Morgan fingerprint density at radius 1 is 1.24 bits per heavy atom. The molecule has 1 aromatic heterocycles. The maximum absolute atomic E-state index is 12.8. The number of aryl methyl sites for hydroxylation is 1. The van der Waals surface area contributed by atoms with E-state index in [0.717, 1.165) is 11.8 Å². The van der Waals surface area contributed by atoms with Crippen LogP contribution in [0.3, 0.4) is 0 Å². The summed E-state index contributed by atoms with van der Waals surface area (Å²) in [6, 6.07) is 7.01. The van der Waals surface area contributed by atoms with Gasteiger partial charge in [0, 0.05) is 15.9 Å². The summed E-state index contributed by atoms with van der Waals surface area (Å²) in [5, 5.41) is 12.5. The van der Waals surface area contributed by atoms with Gasteiger partial charge in [-0.2, -0.15) is 13.2 Å². The molecule has 1 aromatic carbocycles. The van der Waals surface area contributed by atoms with Crippen molar-refractivity contribution >= 4 is 21.6 Å². The Morgan fingerprint density at radius 2 is 1.95 bits per heavy atom. The fourth-order valence-corrected chi connectivity index (χ4v) is 2.24. The molecule has 0 saturated carbocycles. The van der Waals surface area contributed by atoms with E-state index < -0.39 is 11.7 Å². The van der Waals surface area contributed by atoms with Gasteiger partial charge in [0.15, 0.2) is 0 Å². The van der Waals surface area contributed by atoms with Gasteiger partial charge in [-0.05, 0) is 37.3 Å². The summed E-state index contributed by atoms with van der Waals surface area (Å²) >= 11 is 2.88. The van der Waals surface area contributed by atoms with E-state index in [2.05, 4.69) is 26.2 Å². The van der Waals surface area contributed by atoms with Gasteiger partial charge in [0.05, 0.1) is 12.1 Å². The molecule has 0 aliphatic heterocycles. The summed E-state index contributed by atoms with van der Waals surface area (Å²) in [5.41, 5.74) is 0.644.